The predicted octanol–water partition coefficient (Wildman–Crippen LogP) is 5.70. The van der Waals surface area contributed by atoms with Crippen LogP contribution in [-0.4, -0.2) is 15.1 Å². The van der Waals surface area contributed by atoms with E-state index >= 15 is 0 Å². The fourth-order valence-electron chi connectivity index (χ4n) is 5.01. The molecule has 34 heavy (non-hydrogen) atoms. The molecule has 0 radical (unpaired) electrons. The molecule has 4 aromatic carbocycles. The van der Waals surface area contributed by atoms with Crippen LogP contribution < -0.4 is 15.9 Å². The van der Waals surface area contributed by atoms with Gasteiger partial charge in [-0.25, -0.2) is 0 Å². The van der Waals surface area contributed by atoms with E-state index in [1.165, 1.54) is 0 Å². The molecule has 0 saturated heterocycles. The van der Waals surface area contributed by atoms with Crippen LogP contribution in [0.25, 0.3) is 0 Å². The zero-order valence-corrected chi connectivity index (χ0v) is 22.0. The molecule has 176 valence electrons. The van der Waals surface area contributed by atoms with Gasteiger partial charge < -0.3 is 0 Å². The topological polar surface area (TPSA) is 43.4 Å². The summed E-state index contributed by atoms with van der Waals surface area (Å²) in [5.74, 6) is 0. The summed E-state index contributed by atoms with van der Waals surface area (Å²) < 4.78 is 34.8. The second-order valence-corrected chi connectivity index (χ2v) is 15.5. The van der Waals surface area contributed by atoms with Crippen LogP contribution >= 0.6 is 6.83 Å². The second kappa shape index (κ2) is 8.78. The minimum absolute atomic E-state index is 0.157. The van der Waals surface area contributed by atoms with Crippen LogP contribution in [0.1, 0.15) is 22.3 Å². The van der Waals surface area contributed by atoms with Gasteiger partial charge in [0.2, 0.25) is 0 Å². The summed E-state index contributed by atoms with van der Waals surface area (Å²) in [7, 11) is -4.13. The van der Waals surface area contributed by atoms with E-state index < -0.39 is 16.9 Å². The summed E-state index contributed by atoms with van der Waals surface area (Å²) in [5, 5.41) is 2.73. The maximum atomic E-state index is 14.0. The summed E-state index contributed by atoms with van der Waals surface area (Å²) in [6, 6.07) is 30.8. The van der Waals surface area contributed by atoms with Crippen molar-refractivity contribution in [3.63, 3.8) is 0 Å². The average Bonchev–Trinajstić information content (AvgIpc) is 2.80. The molecule has 0 N–H and O–H groups in total. The molecule has 5 heteroatoms. The summed E-state index contributed by atoms with van der Waals surface area (Å²) >= 11 is 0. The van der Waals surface area contributed by atoms with Crippen LogP contribution in [0.5, 0.6) is 0 Å². The molecule has 0 atom stereocenters. The van der Waals surface area contributed by atoms with Crippen molar-refractivity contribution >= 4 is 32.9 Å². The molecule has 0 heterocycles. The first-order valence-electron chi connectivity index (χ1n) is 11.3. The van der Waals surface area contributed by atoms with Crippen LogP contribution in [0.4, 0.5) is 0 Å². The van der Waals surface area contributed by atoms with Gasteiger partial charge in [0.25, 0.3) is 0 Å². The van der Waals surface area contributed by atoms with E-state index in [0.717, 1.165) is 38.2 Å². The quantitative estimate of drug-likeness (QED) is 0.326. The van der Waals surface area contributed by atoms with Gasteiger partial charge in [0, 0.05) is 0 Å². The molecule has 0 aliphatic carbocycles. The van der Waals surface area contributed by atoms with Gasteiger partial charge in [0.15, 0.2) is 0 Å². The van der Waals surface area contributed by atoms with Crippen molar-refractivity contribution in [1.82, 2.24) is 0 Å². The van der Waals surface area contributed by atoms with Gasteiger partial charge in [0.05, 0.1) is 0 Å². The van der Waals surface area contributed by atoms with Crippen molar-refractivity contribution in [2.75, 3.05) is 6.66 Å². The zero-order valence-electron chi connectivity index (χ0n) is 20.3. The Morgan fingerprint density at radius 1 is 0.559 bits per heavy atom. The van der Waals surface area contributed by atoms with E-state index in [2.05, 4.69) is 0 Å². The van der Waals surface area contributed by atoms with Gasteiger partial charge in [-0.1, -0.05) is 0 Å². The number of aryl methyl sites for hydroxylation is 4. The normalized spacial score (nSPS) is 13.3. The Hall–Kier alpha value is -2.78. The Morgan fingerprint density at radius 3 is 1.26 bits per heavy atom. The Morgan fingerprint density at radius 2 is 0.912 bits per heavy atom. The third kappa shape index (κ3) is 3.90. The molecule has 0 unspecified atom stereocenters. The zero-order chi connectivity index (χ0) is 24.6. The first-order valence-corrected chi connectivity index (χ1v) is 15.3. The Bertz CT molecular complexity index is 1340. The van der Waals surface area contributed by atoms with Gasteiger partial charge in [-0.05, 0) is 0 Å². The number of benzene rings is 4. The van der Waals surface area contributed by atoms with Crippen LogP contribution in [0.15, 0.2) is 102 Å². The summed E-state index contributed by atoms with van der Waals surface area (Å²) in [6.07, 6.45) is 0. The van der Waals surface area contributed by atoms with Crippen molar-refractivity contribution in [1.29, 1.82) is 0 Å². The molecular formula is C29H31O3PS. The van der Waals surface area contributed by atoms with Crippen LogP contribution in [0, 0.1) is 27.7 Å². The van der Waals surface area contributed by atoms with E-state index in [1.807, 2.05) is 107 Å². The molecular weight excluding hydrogens is 459 g/mol. The molecule has 0 spiro atoms. The van der Waals surface area contributed by atoms with E-state index in [-0.39, 0.29) is 4.90 Å². The third-order valence-electron chi connectivity index (χ3n) is 6.68. The average molecular weight is 491 g/mol. The molecule has 4 rings (SSSR count). The minimum atomic E-state index is -4.13. The Balaban J connectivity index is 2.19. The first kappa shape index (κ1) is 24.3. The molecule has 0 aromatic heterocycles. The van der Waals surface area contributed by atoms with Crippen molar-refractivity contribution in [3.8, 4) is 0 Å². The SMILES string of the molecule is Cc1ccc(S(=O)(=O)OP(C)(c2ccccc2C)(c2ccccc2C)c2ccccc2C)cc1. The van der Waals surface area contributed by atoms with E-state index in [9.17, 15) is 8.42 Å². The van der Waals surface area contributed by atoms with Crippen molar-refractivity contribution in [2.45, 2.75) is 32.6 Å². The monoisotopic (exact) mass is 490 g/mol. The van der Waals surface area contributed by atoms with E-state index in [0.29, 0.717) is 0 Å². The molecule has 0 aliphatic heterocycles. The Kier molecular flexibility index (Phi) is 6.29. The van der Waals surface area contributed by atoms with Gasteiger partial charge in [0.1, 0.15) is 0 Å². The molecule has 0 amide bonds. The molecule has 4 aromatic rings. The predicted molar refractivity (Wildman–Crippen MR) is 145 cm³/mol. The standard InChI is InChI=1S/C29H31O3PS/c1-22-18-20-26(21-19-22)34(30,31)32-33(5,27-15-9-6-12-23(27)2,28-16-10-7-13-24(28)3)29-17-11-8-14-25(29)4/h6-21H,1-5H3. The van der Waals surface area contributed by atoms with Crippen molar-refractivity contribution in [3.05, 3.63) is 119 Å². The van der Waals surface area contributed by atoms with E-state index in [1.54, 1.807) is 24.3 Å². The molecule has 0 fully saturated rings. The van der Waals surface area contributed by atoms with Gasteiger partial charge >= 0.3 is 204 Å². The number of hydrogen-bond donors (Lipinski definition) is 0. The summed E-state index contributed by atoms with van der Waals surface area (Å²) in [4.78, 5) is 0.157. The molecule has 0 aliphatic rings. The fraction of sp³-hybridized carbons (Fsp3) is 0.172. The first-order chi connectivity index (χ1) is 16.1. The number of rotatable bonds is 6. The maximum absolute atomic E-state index is 14.0. The van der Waals surface area contributed by atoms with Crippen LogP contribution in [0.2, 0.25) is 0 Å². The van der Waals surface area contributed by atoms with E-state index in [4.69, 9.17) is 3.97 Å². The summed E-state index contributed by atoms with van der Waals surface area (Å²) in [5.41, 5.74) is 3.97. The van der Waals surface area contributed by atoms with Gasteiger partial charge in [-0.2, -0.15) is 0 Å². The van der Waals surface area contributed by atoms with Crippen LogP contribution in [0.3, 0.4) is 0 Å². The van der Waals surface area contributed by atoms with Crippen LogP contribution in [-0.2, 0) is 14.1 Å². The van der Waals surface area contributed by atoms with Crippen molar-refractivity contribution in [2.24, 2.45) is 0 Å². The fourth-order valence-corrected chi connectivity index (χ4v) is 13.6. The third-order valence-corrected chi connectivity index (χ3v) is 14.8. The molecule has 3 nitrogen and oxygen atoms in total. The number of hydrogen-bond acceptors (Lipinski definition) is 3. The van der Waals surface area contributed by atoms with Gasteiger partial charge in [-0.15, -0.1) is 0 Å². The van der Waals surface area contributed by atoms with Gasteiger partial charge in [-0.3, -0.25) is 0 Å². The summed E-state index contributed by atoms with van der Waals surface area (Å²) in [6.45, 7) is 6.04. The molecule has 0 bridgehead atoms. The Labute approximate surface area is 203 Å². The van der Waals surface area contributed by atoms with Crippen molar-refractivity contribution < 1.29 is 12.4 Å². The molecule has 0 saturated carbocycles. The second-order valence-electron chi connectivity index (χ2n) is 9.16.